The summed E-state index contributed by atoms with van der Waals surface area (Å²) in [5.74, 6) is 0. The Kier molecular flexibility index (Phi) is 5.31. The van der Waals surface area contributed by atoms with Crippen LogP contribution in [0.5, 0.6) is 0 Å². The standard InChI is InChI=1S/C13H19N3S2/c1-2-11-3-4-12(18-11)8-15-7-10-9-17-13(16-10)5-6-14/h3-4,9,15H,2,5-8,14H2,1H3. The van der Waals surface area contributed by atoms with Crippen molar-refractivity contribution in [2.24, 2.45) is 5.73 Å². The van der Waals surface area contributed by atoms with Crippen LogP contribution in [0.3, 0.4) is 0 Å². The quantitative estimate of drug-likeness (QED) is 0.820. The Hall–Kier alpha value is -0.750. The molecule has 2 rings (SSSR count). The van der Waals surface area contributed by atoms with Gasteiger partial charge in [0.25, 0.3) is 0 Å². The van der Waals surface area contributed by atoms with Crippen molar-refractivity contribution in [1.82, 2.24) is 10.3 Å². The van der Waals surface area contributed by atoms with Crippen LogP contribution in [-0.4, -0.2) is 11.5 Å². The molecule has 0 fully saturated rings. The van der Waals surface area contributed by atoms with E-state index in [0.717, 1.165) is 36.6 Å². The highest BCUT2D eigenvalue weighted by molar-refractivity contribution is 7.12. The molecule has 5 heteroatoms. The number of nitrogens with two attached hydrogens (primary N) is 1. The Morgan fingerprint density at radius 3 is 2.83 bits per heavy atom. The lowest BCUT2D eigenvalue weighted by atomic mass is 10.3. The zero-order valence-electron chi connectivity index (χ0n) is 10.6. The maximum atomic E-state index is 5.51. The predicted octanol–water partition coefficient (Wildman–Crippen LogP) is 2.56. The first kappa shape index (κ1) is 13.7. The average Bonchev–Trinajstić information content (AvgIpc) is 2.99. The van der Waals surface area contributed by atoms with Gasteiger partial charge in [0, 0.05) is 34.6 Å². The van der Waals surface area contributed by atoms with Crippen molar-refractivity contribution >= 4 is 22.7 Å². The van der Waals surface area contributed by atoms with Crippen LogP contribution >= 0.6 is 22.7 Å². The molecule has 0 aliphatic carbocycles. The van der Waals surface area contributed by atoms with Crippen LogP contribution < -0.4 is 11.1 Å². The Labute approximate surface area is 116 Å². The molecule has 0 spiro atoms. The van der Waals surface area contributed by atoms with Crippen molar-refractivity contribution in [3.05, 3.63) is 38.0 Å². The van der Waals surface area contributed by atoms with Gasteiger partial charge in [-0.15, -0.1) is 22.7 Å². The van der Waals surface area contributed by atoms with Crippen molar-refractivity contribution < 1.29 is 0 Å². The van der Waals surface area contributed by atoms with Crippen molar-refractivity contribution in [2.75, 3.05) is 6.54 Å². The third-order valence-corrected chi connectivity index (χ3v) is 4.82. The normalized spacial score (nSPS) is 11.0. The van der Waals surface area contributed by atoms with E-state index < -0.39 is 0 Å². The molecule has 0 aliphatic rings. The molecule has 0 bridgehead atoms. The topological polar surface area (TPSA) is 50.9 Å². The maximum Gasteiger partial charge on any atom is 0.0941 e. The lowest BCUT2D eigenvalue weighted by Crippen LogP contribution is -2.12. The third kappa shape index (κ3) is 3.88. The van der Waals surface area contributed by atoms with Gasteiger partial charge in [-0.3, -0.25) is 0 Å². The number of hydrogen-bond acceptors (Lipinski definition) is 5. The van der Waals surface area contributed by atoms with Crippen LogP contribution in [-0.2, 0) is 25.9 Å². The molecule has 0 aliphatic heterocycles. The van der Waals surface area contributed by atoms with E-state index in [1.54, 1.807) is 11.3 Å². The van der Waals surface area contributed by atoms with Gasteiger partial charge in [0.15, 0.2) is 0 Å². The van der Waals surface area contributed by atoms with E-state index in [0.29, 0.717) is 6.54 Å². The van der Waals surface area contributed by atoms with Gasteiger partial charge in [-0.05, 0) is 25.1 Å². The molecular weight excluding hydrogens is 262 g/mol. The second-order valence-corrected chi connectivity index (χ2v) is 6.29. The molecule has 3 nitrogen and oxygen atoms in total. The van der Waals surface area contributed by atoms with Gasteiger partial charge in [-0.2, -0.15) is 0 Å². The number of aryl methyl sites for hydroxylation is 1. The molecule has 0 saturated heterocycles. The molecule has 0 saturated carbocycles. The summed E-state index contributed by atoms with van der Waals surface area (Å²) in [5.41, 5.74) is 6.63. The van der Waals surface area contributed by atoms with Gasteiger partial charge >= 0.3 is 0 Å². The molecule has 0 atom stereocenters. The largest absolute Gasteiger partial charge is 0.330 e. The third-order valence-electron chi connectivity index (χ3n) is 2.63. The lowest BCUT2D eigenvalue weighted by Gasteiger charge is -1.99. The first-order chi connectivity index (χ1) is 8.81. The van der Waals surface area contributed by atoms with E-state index in [1.807, 2.05) is 11.3 Å². The van der Waals surface area contributed by atoms with Crippen LogP contribution in [0.2, 0.25) is 0 Å². The van der Waals surface area contributed by atoms with Crippen LogP contribution in [0.4, 0.5) is 0 Å². The van der Waals surface area contributed by atoms with Crippen molar-refractivity contribution in [1.29, 1.82) is 0 Å². The Balaban J connectivity index is 1.77. The van der Waals surface area contributed by atoms with Crippen LogP contribution in [0.25, 0.3) is 0 Å². The van der Waals surface area contributed by atoms with Crippen molar-refractivity contribution in [3.8, 4) is 0 Å². The second kappa shape index (κ2) is 6.99. The van der Waals surface area contributed by atoms with Crippen LogP contribution in [0.15, 0.2) is 17.5 Å². The highest BCUT2D eigenvalue weighted by Gasteiger charge is 2.02. The van der Waals surface area contributed by atoms with Gasteiger partial charge in [0.2, 0.25) is 0 Å². The summed E-state index contributed by atoms with van der Waals surface area (Å²) in [4.78, 5) is 7.37. The SMILES string of the molecule is CCc1ccc(CNCc2csc(CCN)n2)s1. The van der Waals surface area contributed by atoms with E-state index in [-0.39, 0.29) is 0 Å². The molecule has 3 N–H and O–H groups in total. The first-order valence-electron chi connectivity index (χ1n) is 6.23. The summed E-state index contributed by atoms with van der Waals surface area (Å²) in [6.07, 6.45) is 2.01. The summed E-state index contributed by atoms with van der Waals surface area (Å²) in [7, 11) is 0. The predicted molar refractivity (Wildman–Crippen MR) is 79.1 cm³/mol. The summed E-state index contributed by atoms with van der Waals surface area (Å²) >= 11 is 3.58. The number of nitrogens with one attached hydrogen (secondary N) is 1. The zero-order valence-corrected chi connectivity index (χ0v) is 12.2. The van der Waals surface area contributed by atoms with E-state index >= 15 is 0 Å². The molecule has 0 amide bonds. The minimum absolute atomic E-state index is 0.676. The highest BCUT2D eigenvalue weighted by atomic mass is 32.1. The Bertz CT molecular complexity index is 476. The molecule has 0 unspecified atom stereocenters. The molecular formula is C13H19N3S2. The van der Waals surface area contributed by atoms with E-state index in [1.165, 1.54) is 9.75 Å². The zero-order chi connectivity index (χ0) is 12.8. The van der Waals surface area contributed by atoms with E-state index in [4.69, 9.17) is 5.73 Å². The summed E-state index contributed by atoms with van der Waals surface area (Å²) in [6, 6.07) is 4.42. The maximum absolute atomic E-state index is 5.51. The number of thiophene rings is 1. The number of rotatable bonds is 7. The number of nitrogens with zero attached hydrogens (tertiary/aromatic N) is 1. The highest BCUT2D eigenvalue weighted by Crippen LogP contribution is 2.17. The lowest BCUT2D eigenvalue weighted by molar-refractivity contribution is 0.687. The summed E-state index contributed by atoms with van der Waals surface area (Å²) in [6.45, 7) is 4.63. The van der Waals surface area contributed by atoms with Gasteiger partial charge in [0.1, 0.15) is 0 Å². The van der Waals surface area contributed by atoms with Gasteiger partial charge in [-0.1, -0.05) is 6.92 Å². The number of thiazole rings is 1. The van der Waals surface area contributed by atoms with Crippen molar-refractivity contribution in [2.45, 2.75) is 32.9 Å². The van der Waals surface area contributed by atoms with Gasteiger partial charge in [-0.25, -0.2) is 4.98 Å². The van der Waals surface area contributed by atoms with E-state index in [2.05, 4.69) is 34.7 Å². The number of hydrogen-bond donors (Lipinski definition) is 2. The molecule has 98 valence electrons. The second-order valence-electron chi connectivity index (χ2n) is 4.10. The summed E-state index contributed by atoms with van der Waals surface area (Å²) < 4.78 is 0. The molecule has 0 aromatic carbocycles. The minimum atomic E-state index is 0.676. The molecule has 0 radical (unpaired) electrons. The molecule has 2 aromatic rings. The fourth-order valence-corrected chi connectivity index (χ4v) is 3.43. The van der Waals surface area contributed by atoms with Crippen LogP contribution in [0, 0.1) is 0 Å². The first-order valence-corrected chi connectivity index (χ1v) is 7.93. The molecule has 2 aromatic heterocycles. The van der Waals surface area contributed by atoms with Crippen molar-refractivity contribution in [3.63, 3.8) is 0 Å². The Morgan fingerprint density at radius 1 is 1.28 bits per heavy atom. The molecule has 18 heavy (non-hydrogen) atoms. The van der Waals surface area contributed by atoms with E-state index in [9.17, 15) is 0 Å². The molecule has 2 heterocycles. The summed E-state index contributed by atoms with van der Waals surface area (Å²) in [5, 5.41) is 6.69. The Morgan fingerprint density at radius 2 is 2.11 bits per heavy atom. The monoisotopic (exact) mass is 281 g/mol. The fourth-order valence-electron chi connectivity index (χ4n) is 1.69. The smallest absolute Gasteiger partial charge is 0.0941 e. The van der Waals surface area contributed by atoms with Gasteiger partial charge < -0.3 is 11.1 Å². The van der Waals surface area contributed by atoms with Gasteiger partial charge in [0.05, 0.1) is 10.7 Å². The fraction of sp³-hybridized carbons (Fsp3) is 0.462. The number of aromatic nitrogens is 1. The average molecular weight is 281 g/mol. The minimum Gasteiger partial charge on any atom is -0.330 e. The van der Waals surface area contributed by atoms with Crippen LogP contribution in [0.1, 0.15) is 27.4 Å².